The van der Waals surface area contributed by atoms with Crippen molar-refractivity contribution in [2.75, 3.05) is 60.5 Å². The van der Waals surface area contributed by atoms with Gasteiger partial charge < -0.3 is 44.0 Å². The van der Waals surface area contributed by atoms with E-state index in [2.05, 4.69) is 4.90 Å². The first-order valence-corrected chi connectivity index (χ1v) is 13.5. The Hall–Kier alpha value is -2.48. The van der Waals surface area contributed by atoms with E-state index in [0.29, 0.717) is 32.8 Å². The minimum Gasteiger partial charge on any atom is -0.480 e. The van der Waals surface area contributed by atoms with E-state index >= 15 is 0 Å². The second-order valence-corrected chi connectivity index (χ2v) is 10.4. The molecule has 1 aromatic carbocycles. The Morgan fingerprint density at radius 3 is 1.80 bits per heavy atom. The summed E-state index contributed by atoms with van der Waals surface area (Å²) in [7, 11) is 3.92. The molecule has 0 amide bonds. The Labute approximate surface area is 239 Å². The molecular formula is C26H46B2N4O8. The van der Waals surface area contributed by atoms with E-state index in [4.69, 9.17) is 14.6 Å². The molecule has 0 aromatic heterocycles. The van der Waals surface area contributed by atoms with Gasteiger partial charge in [-0.3, -0.25) is 14.4 Å². The molecule has 0 spiro atoms. The summed E-state index contributed by atoms with van der Waals surface area (Å²) in [5, 5.41) is 27.7. The van der Waals surface area contributed by atoms with Crippen LogP contribution in [0.5, 0.6) is 0 Å². The number of likely N-dealkylation sites (N-methyl/N-ethyl adjacent to an activating group) is 2. The average Bonchev–Trinajstić information content (AvgIpc) is 2.92. The Bertz CT molecular complexity index is 910. The van der Waals surface area contributed by atoms with Gasteiger partial charge in [0.25, 0.3) is 0 Å². The van der Waals surface area contributed by atoms with Gasteiger partial charge in [0, 0.05) is 39.3 Å². The van der Waals surface area contributed by atoms with Crippen molar-refractivity contribution in [2.45, 2.75) is 46.2 Å². The van der Waals surface area contributed by atoms with E-state index in [1.165, 1.54) is 7.11 Å². The van der Waals surface area contributed by atoms with Crippen molar-refractivity contribution in [1.29, 1.82) is 0 Å². The number of benzene rings is 1. The van der Waals surface area contributed by atoms with Gasteiger partial charge >= 0.3 is 32.0 Å². The van der Waals surface area contributed by atoms with Crippen LogP contribution in [0.1, 0.15) is 19.4 Å². The highest BCUT2D eigenvalue weighted by atomic mass is 16.5. The standard InChI is InChI=1S/C11H14O2.C8H17BN2O3.C7H15BN2O3/c1-9(2)11(12)13-8-10-6-4-3-5-7-10;1-9(13)11-5-4-10(2)6-7(11)8(12)14-3;1-8(13)10-4-3-9(2)5-6(10)7(11)12/h3-7,9H,8H2,1-2H3;7,13H,4-6H2,1-3H3;6,13H,3-5H2,1-2H3,(H,11,12)/t;7-;6-/m.11/s1. The molecule has 0 aliphatic carbocycles. The lowest BCUT2D eigenvalue weighted by molar-refractivity contribution is -0.149. The van der Waals surface area contributed by atoms with E-state index in [9.17, 15) is 24.4 Å². The summed E-state index contributed by atoms with van der Waals surface area (Å²) in [5.74, 6) is -1.35. The van der Waals surface area contributed by atoms with Crippen LogP contribution in [-0.4, -0.2) is 139 Å². The zero-order chi connectivity index (χ0) is 30.4. The van der Waals surface area contributed by atoms with Crippen molar-refractivity contribution in [2.24, 2.45) is 5.92 Å². The summed E-state index contributed by atoms with van der Waals surface area (Å²) in [4.78, 5) is 40.7. The van der Waals surface area contributed by atoms with Gasteiger partial charge in [-0.15, -0.1) is 0 Å². The Kier molecular flexibility index (Phi) is 16.0. The number of carbonyl (C=O) groups excluding carboxylic acids is 2. The fraction of sp³-hybridized carbons (Fsp3) is 0.654. The first kappa shape index (κ1) is 35.5. The lowest BCUT2D eigenvalue weighted by atomic mass is 9.82. The molecule has 14 heteroatoms. The van der Waals surface area contributed by atoms with Gasteiger partial charge in [-0.05, 0) is 33.3 Å². The molecule has 2 aliphatic heterocycles. The van der Waals surface area contributed by atoms with Crippen molar-refractivity contribution in [3.8, 4) is 0 Å². The lowest BCUT2D eigenvalue weighted by Gasteiger charge is -2.38. The van der Waals surface area contributed by atoms with Gasteiger partial charge in [0.15, 0.2) is 0 Å². The minimum atomic E-state index is -0.868. The third-order valence-electron chi connectivity index (χ3n) is 6.66. The van der Waals surface area contributed by atoms with Crippen molar-refractivity contribution < 1.29 is 39.0 Å². The lowest BCUT2D eigenvalue weighted by Crippen LogP contribution is -2.59. The minimum absolute atomic E-state index is 0.0521. The molecule has 2 atom stereocenters. The van der Waals surface area contributed by atoms with Gasteiger partial charge in [-0.2, -0.15) is 0 Å². The SMILES string of the molecule is CB(O)N1CCN(C)C[C@@H]1C(=O)O.CC(C)C(=O)OCc1ccccc1.COC(=O)[C@H]1CN(C)CCN1B(C)O. The first-order valence-electron chi connectivity index (χ1n) is 13.5. The zero-order valence-corrected chi connectivity index (χ0v) is 24.9. The van der Waals surface area contributed by atoms with Gasteiger partial charge in [-0.25, -0.2) is 0 Å². The van der Waals surface area contributed by atoms with Gasteiger partial charge in [0.1, 0.15) is 18.7 Å². The Balaban J connectivity index is 0.000000300. The topological polar surface area (TPSA) is 143 Å². The number of aliphatic carboxylic acids is 1. The van der Waals surface area contributed by atoms with E-state index in [-0.39, 0.29) is 23.9 Å². The van der Waals surface area contributed by atoms with Crippen LogP contribution < -0.4 is 0 Å². The number of ether oxygens (including phenoxy) is 2. The van der Waals surface area contributed by atoms with Gasteiger partial charge in [0.2, 0.25) is 0 Å². The third-order valence-corrected chi connectivity index (χ3v) is 6.66. The van der Waals surface area contributed by atoms with E-state index < -0.39 is 26.1 Å². The number of piperazine rings is 2. The summed E-state index contributed by atoms with van der Waals surface area (Å²) < 4.78 is 9.75. The van der Waals surface area contributed by atoms with E-state index in [0.717, 1.165) is 18.7 Å². The van der Waals surface area contributed by atoms with Crippen LogP contribution in [0.25, 0.3) is 0 Å². The number of hydrogen-bond acceptors (Lipinski definition) is 11. The van der Waals surface area contributed by atoms with Crippen molar-refractivity contribution >= 4 is 32.0 Å². The predicted molar refractivity (Wildman–Crippen MR) is 154 cm³/mol. The molecule has 0 bridgehead atoms. The molecule has 0 unspecified atom stereocenters. The molecule has 0 radical (unpaired) electrons. The van der Waals surface area contributed by atoms with Crippen LogP contribution in [0, 0.1) is 5.92 Å². The number of carbonyl (C=O) groups is 3. The highest BCUT2D eigenvalue weighted by Gasteiger charge is 2.36. The summed E-state index contributed by atoms with van der Waals surface area (Å²) in [6.45, 7) is 11.3. The zero-order valence-electron chi connectivity index (χ0n) is 24.9. The van der Waals surface area contributed by atoms with Crippen molar-refractivity contribution in [3.05, 3.63) is 35.9 Å². The van der Waals surface area contributed by atoms with Crippen LogP contribution in [0.2, 0.25) is 13.6 Å². The monoisotopic (exact) mass is 564 g/mol. The maximum absolute atomic E-state index is 11.4. The van der Waals surface area contributed by atoms with Gasteiger partial charge in [-0.1, -0.05) is 44.2 Å². The smallest absolute Gasteiger partial charge is 0.377 e. The second-order valence-electron chi connectivity index (χ2n) is 10.4. The number of methoxy groups -OCH3 is 1. The highest BCUT2D eigenvalue weighted by molar-refractivity contribution is 6.46. The molecule has 0 saturated carbocycles. The van der Waals surface area contributed by atoms with E-state index in [1.807, 2.05) is 63.2 Å². The normalized spacial score (nSPS) is 20.4. The number of carboxylic acid groups (broad SMARTS) is 1. The molecule has 12 nitrogen and oxygen atoms in total. The number of esters is 2. The number of nitrogens with zero attached hydrogens (tertiary/aromatic N) is 4. The maximum Gasteiger partial charge on any atom is 0.377 e. The van der Waals surface area contributed by atoms with Crippen LogP contribution in [-0.2, 0) is 30.5 Å². The summed E-state index contributed by atoms with van der Waals surface area (Å²) in [6.07, 6.45) is 0. The summed E-state index contributed by atoms with van der Waals surface area (Å²) in [6, 6.07) is 8.74. The Morgan fingerprint density at radius 2 is 1.38 bits per heavy atom. The average molecular weight is 564 g/mol. The molecule has 40 heavy (non-hydrogen) atoms. The summed E-state index contributed by atoms with van der Waals surface area (Å²) in [5.41, 5.74) is 1.02. The molecule has 2 saturated heterocycles. The fourth-order valence-corrected chi connectivity index (χ4v) is 4.22. The van der Waals surface area contributed by atoms with Crippen molar-refractivity contribution in [3.63, 3.8) is 0 Å². The largest absolute Gasteiger partial charge is 0.480 e. The maximum atomic E-state index is 11.4. The molecule has 2 fully saturated rings. The molecule has 2 heterocycles. The molecule has 224 valence electrons. The molecule has 3 N–H and O–H groups in total. The molecular weight excluding hydrogens is 518 g/mol. The third kappa shape index (κ3) is 12.4. The van der Waals surface area contributed by atoms with Crippen LogP contribution >= 0.6 is 0 Å². The number of carboxylic acids is 1. The first-order chi connectivity index (χ1) is 18.8. The highest BCUT2D eigenvalue weighted by Crippen LogP contribution is 2.11. The Morgan fingerprint density at radius 1 is 0.900 bits per heavy atom. The quantitative estimate of drug-likeness (QED) is 0.305. The van der Waals surface area contributed by atoms with E-state index in [1.54, 1.807) is 23.3 Å². The summed E-state index contributed by atoms with van der Waals surface area (Å²) >= 11 is 0. The van der Waals surface area contributed by atoms with Crippen LogP contribution in [0.3, 0.4) is 0 Å². The predicted octanol–water partition coefficient (Wildman–Crippen LogP) is 0.0688. The number of rotatable bonds is 7. The molecule has 1 aromatic rings. The second kappa shape index (κ2) is 18.1. The molecule has 2 aliphatic rings. The van der Waals surface area contributed by atoms with Crippen LogP contribution in [0.4, 0.5) is 0 Å². The van der Waals surface area contributed by atoms with Gasteiger partial charge in [0.05, 0.1) is 13.0 Å². The van der Waals surface area contributed by atoms with Crippen LogP contribution in [0.15, 0.2) is 30.3 Å². The number of hydrogen-bond donors (Lipinski definition) is 3. The fourth-order valence-electron chi connectivity index (χ4n) is 4.22. The van der Waals surface area contributed by atoms with Crippen molar-refractivity contribution in [1.82, 2.24) is 19.4 Å². The molecule has 3 rings (SSSR count).